The van der Waals surface area contributed by atoms with Crippen molar-refractivity contribution < 1.29 is 16.8 Å². The van der Waals surface area contributed by atoms with Gasteiger partial charge in [-0.3, -0.25) is 4.72 Å². The SMILES string of the molecule is O=S1(=O)C[C@@H]2[C@@H](C1)S(=O)(=O)NC(=S)N2c1ccccc1. The molecule has 1 aromatic carbocycles. The molecule has 0 amide bonds. The molecule has 2 aliphatic rings. The van der Waals surface area contributed by atoms with E-state index in [0.717, 1.165) is 0 Å². The zero-order chi connectivity index (χ0) is 14.5. The number of thiocarbonyl (C=S) groups is 1. The molecule has 3 rings (SSSR count). The van der Waals surface area contributed by atoms with Gasteiger partial charge < -0.3 is 4.90 Å². The summed E-state index contributed by atoms with van der Waals surface area (Å²) in [6, 6.07) is 8.28. The average Bonchev–Trinajstić information content (AvgIpc) is 2.66. The Morgan fingerprint density at radius 2 is 1.75 bits per heavy atom. The van der Waals surface area contributed by atoms with Gasteiger partial charge in [0.05, 0.1) is 17.5 Å². The van der Waals surface area contributed by atoms with Crippen LogP contribution in [0.1, 0.15) is 0 Å². The summed E-state index contributed by atoms with van der Waals surface area (Å²) in [5.74, 6) is -0.563. The minimum atomic E-state index is -3.73. The van der Waals surface area contributed by atoms with E-state index >= 15 is 0 Å². The largest absolute Gasteiger partial charge is 0.313 e. The quantitative estimate of drug-likeness (QED) is 0.722. The number of anilines is 1. The van der Waals surface area contributed by atoms with Crippen LogP contribution in [0.2, 0.25) is 0 Å². The zero-order valence-corrected chi connectivity index (χ0v) is 12.7. The topological polar surface area (TPSA) is 83.5 Å². The van der Waals surface area contributed by atoms with Gasteiger partial charge in [0.25, 0.3) is 0 Å². The lowest BCUT2D eigenvalue weighted by Crippen LogP contribution is -2.62. The normalized spacial score (nSPS) is 30.6. The van der Waals surface area contributed by atoms with Crippen molar-refractivity contribution in [3.63, 3.8) is 0 Å². The van der Waals surface area contributed by atoms with E-state index in [1.165, 1.54) is 0 Å². The van der Waals surface area contributed by atoms with Crippen LogP contribution in [-0.2, 0) is 19.9 Å². The fourth-order valence-corrected chi connectivity index (χ4v) is 7.56. The summed E-state index contributed by atoms with van der Waals surface area (Å²) in [4.78, 5) is 1.59. The van der Waals surface area contributed by atoms with Gasteiger partial charge in [0.2, 0.25) is 10.0 Å². The van der Waals surface area contributed by atoms with Crippen LogP contribution in [-0.4, -0.2) is 44.7 Å². The number of sulfone groups is 1. The third kappa shape index (κ3) is 2.19. The number of rotatable bonds is 1. The van der Waals surface area contributed by atoms with E-state index in [-0.39, 0.29) is 16.6 Å². The molecule has 0 aliphatic carbocycles. The first kappa shape index (κ1) is 13.8. The molecule has 0 radical (unpaired) electrons. The number of fused-ring (bicyclic) bond motifs is 1. The number of sulfonamides is 1. The second kappa shape index (κ2) is 4.40. The van der Waals surface area contributed by atoms with Gasteiger partial charge in [0.15, 0.2) is 14.9 Å². The van der Waals surface area contributed by atoms with Crippen molar-refractivity contribution >= 4 is 42.9 Å². The highest BCUT2D eigenvalue weighted by Crippen LogP contribution is 2.31. The van der Waals surface area contributed by atoms with Crippen molar-refractivity contribution in [1.82, 2.24) is 4.72 Å². The predicted octanol–water partition coefficient (Wildman–Crippen LogP) is -0.124. The summed E-state index contributed by atoms with van der Waals surface area (Å²) in [5.41, 5.74) is 0.687. The first-order chi connectivity index (χ1) is 9.30. The maximum absolute atomic E-state index is 12.0. The lowest BCUT2D eigenvalue weighted by atomic mass is 10.2. The van der Waals surface area contributed by atoms with Gasteiger partial charge in [0, 0.05) is 5.69 Å². The summed E-state index contributed by atoms with van der Waals surface area (Å²) >= 11 is 5.10. The molecular weight excluding hydrogens is 320 g/mol. The van der Waals surface area contributed by atoms with Crippen molar-refractivity contribution in [2.45, 2.75) is 11.3 Å². The molecule has 2 atom stereocenters. The van der Waals surface area contributed by atoms with Gasteiger partial charge in [-0.25, -0.2) is 16.8 Å². The van der Waals surface area contributed by atoms with E-state index in [2.05, 4.69) is 4.72 Å². The minimum Gasteiger partial charge on any atom is -0.313 e. The van der Waals surface area contributed by atoms with Gasteiger partial charge in [-0.15, -0.1) is 0 Å². The Bertz CT molecular complexity index is 758. The second-order valence-electron chi connectivity index (χ2n) is 4.84. The van der Waals surface area contributed by atoms with E-state index in [1.54, 1.807) is 29.2 Å². The van der Waals surface area contributed by atoms with Gasteiger partial charge >= 0.3 is 0 Å². The monoisotopic (exact) mass is 332 g/mol. The van der Waals surface area contributed by atoms with E-state index < -0.39 is 31.2 Å². The Balaban J connectivity index is 2.10. The van der Waals surface area contributed by atoms with Crippen LogP contribution >= 0.6 is 12.2 Å². The summed E-state index contributed by atoms with van der Waals surface area (Å²) < 4.78 is 50.0. The fourth-order valence-electron chi connectivity index (χ4n) is 2.63. The molecule has 108 valence electrons. The molecule has 1 aromatic rings. The molecule has 0 unspecified atom stereocenters. The highest BCUT2D eigenvalue weighted by Gasteiger charge is 2.52. The van der Waals surface area contributed by atoms with E-state index in [1.807, 2.05) is 6.07 Å². The van der Waals surface area contributed by atoms with E-state index in [0.29, 0.717) is 5.69 Å². The lowest BCUT2D eigenvalue weighted by molar-refractivity contribution is 0.562. The molecule has 2 saturated heterocycles. The first-order valence-electron chi connectivity index (χ1n) is 5.90. The maximum atomic E-state index is 12.0. The molecule has 2 fully saturated rings. The van der Waals surface area contributed by atoms with Gasteiger partial charge in [-0.1, -0.05) is 18.2 Å². The molecule has 2 aliphatic heterocycles. The third-order valence-electron chi connectivity index (χ3n) is 3.49. The predicted molar refractivity (Wildman–Crippen MR) is 79.8 cm³/mol. The van der Waals surface area contributed by atoms with Crippen LogP contribution in [0.3, 0.4) is 0 Å². The second-order valence-corrected chi connectivity index (χ2v) is 9.28. The molecule has 1 N–H and O–H groups in total. The number of benzene rings is 1. The highest BCUT2D eigenvalue weighted by atomic mass is 32.2. The molecule has 0 aromatic heterocycles. The number of para-hydroxylation sites is 1. The Hall–Kier alpha value is -1.19. The molecule has 0 saturated carbocycles. The zero-order valence-electron chi connectivity index (χ0n) is 10.3. The van der Waals surface area contributed by atoms with Crippen molar-refractivity contribution in [1.29, 1.82) is 0 Å². The van der Waals surface area contributed by atoms with Gasteiger partial charge in [-0.2, -0.15) is 0 Å². The Labute approximate surface area is 122 Å². The first-order valence-corrected chi connectivity index (χ1v) is 9.68. The van der Waals surface area contributed by atoms with Crippen molar-refractivity contribution in [2.24, 2.45) is 0 Å². The third-order valence-corrected chi connectivity index (χ3v) is 7.60. The summed E-state index contributed by atoms with van der Waals surface area (Å²) in [7, 11) is -7.12. The lowest BCUT2D eigenvalue weighted by Gasteiger charge is -2.38. The van der Waals surface area contributed by atoms with Gasteiger partial charge in [-0.05, 0) is 24.4 Å². The van der Waals surface area contributed by atoms with Crippen LogP contribution in [0.25, 0.3) is 0 Å². The van der Waals surface area contributed by atoms with Gasteiger partial charge in [0.1, 0.15) is 5.25 Å². The fraction of sp³-hybridized carbons (Fsp3) is 0.364. The maximum Gasteiger partial charge on any atom is 0.240 e. The van der Waals surface area contributed by atoms with Crippen molar-refractivity contribution in [3.8, 4) is 0 Å². The van der Waals surface area contributed by atoms with Crippen LogP contribution in [0.4, 0.5) is 5.69 Å². The van der Waals surface area contributed by atoms with E-state index in [4.69, 9.17) is 12.2 Å². The summed E-state index contributed by atoms with van der Waals surface area (Å²) in [6.07, 6.45) is 0. The number of nitrogens with zero attached hydrogens (tertiary/aromatic N) is 1. The molecule has 6 nitrogen and oxygen atoms in total. The van der Waals surface area contributed by atoms with Crippen LogP contribution < -0.4 is 9.62 Å². The standard InChI is InChI=1S/C11H12N2O4S3/c14-19(15)6-9-10(7-19)20(16,17)12-11(18)13(9)8-4-2-1-3-5-8/h1-5,9-10H,6-7H2,(H,12,18)/t9-,10-/m1/s1. The number of hydrogen-bond donors (Lipinski definition) is 1. The summed E-state index contributed by atoms with van der Waals surface area (Å²) in [6.45, 7) is 0. The molecule has 9 heteroatoms. The van der Waals surface area contributed by atoms with Crippen LogP contribution in [0.15, 0.2) is 30.3 Å². The van der Waals surface area contributed by atoms with E-state index in [9.17, 15) is 16.8 Å². The smallest absolute Gasteiger partial charge is 0.240 e. The minimum absolute atomic E-state index is 0.0227. The molecule has 0 bridgehead atoms. The Morgan fingerprint density at radius 1 is 1.10 bits per heavy atom. The average molecular weight is 332 g/mol. The Kier molecular flexibility index (Phi) is 3.03. The molecular formula is C11H12N2O4S3. The highest BCUT2D eigenvalue weighted by molar-refractivity contribution is 7.96. The summed E-state index contributed by atoms with van der Waals surface area (Å²) in [5, 5.41) is -0.964. The van der Waals surface area contributed by atoms with Crippen molar-refractivity contribution in [3.05, 3.63) is 30.3 Å². The Morgan fingerprint density at radius 3 is 2.40 bits per heavy atom. The number of hydrogen-bond acceptors (Lipinski definition) is 5. The van der Waals surface area contributed by atoms with Crippen molar-refractivity contribution in [2.75, 3.05) is 16.4 Å². The number of nitrogens with one attached hydrogen (secondary N) is 1. The molecule has 2 heterocycles. The van der Waals surface area contributed by atoms with Crippen LogP contribution in [0.5, 0.6) is 0 Å². The van der Waals surface area contributed by atoms with Crippen LogP contribution in [0, 0.1) is 0 Å². The molecule has 0 spiro atoms. The molecule has 20 heavy (non-hydrogen) atoms.